The molecule has 1 unspecified atom stereocenters. The summed E-state index contributed by atoms with van der Waals surface area (Å²) in [4.78, 5) is 0. The Balaban J connectivity index is 1.58. The van der Waals surface area contributed by atoms with Gasteiger partial charge in [-0.2, -0.15) is 5.10 Å². The molecule has 1 atom stereocenters. The zero-order valence-corrected chi connectivity index (χ0v) is 14.0. The van der Waals surface area contributed by atoms with Gasteiger partial charge in [-0.3, -0.25) is 5.43 Å². The molecule has 1 fully saturated rings. The second-order valence-corrected chi connectivity index (χ2v) is 6.12. The van der Waals surface area contributed by atoms with Crippen molar-refractivity contribution in [1.82, 2.24) is 10.7 Å². The highest BCUT2D eigenvalue weighted by Crippen LogP contribution is 2.16. The van der Waals surface area contributed by atoms with E-state index in [1.54, 1.807) is 0 Å². The normalized spacial score (nSPS) is 18.1. The van der Waals surface area contributed by atoms with Crippen molar-refractivity contribution >= 4 is 33.8 Å². The van der Waals surface area contributed by atoms with Crippen LogP contribution in [-0.2, 0) is 4.74 Å². The summed E-state index contributed by atoms with van der Waals surface area (Å²) in [6.45, 7) is 3.56. The molecule has 4 nitrogen and oxygen atoms in total. The first-order valence-electron chi connectivity index (χ1n) is 7.91. The molecule has 2 aromatic rings. The van der Waals surface area contributed by atoms with Gasteiger partial charge in [0.15, 0.2) is 5.11 Å². The van der Waals surface area contributed by atoms with Gasteiger partial charge in [0.25, 0.3) is 0 Å². The summed E-state index contributed by atoms with van der Waals surface area (Å²) < 4.78 is 5.55. The Hall–Kier alpha value is -1.98. The first-order valence-corrected chi connectivity index (χ1v) is 8.32. The first-order chi connectivity index (χ1) is 11.2. The van der Waals surface area contributed by atoms with Crippen LogP contribution in [0.1, 0.15) is 25.3 Å². The molecule has 0 amide bonds. The van der Waals surface area contributed by atoms with Crippen LogP contribution in [-0.4, -0.2) is 30.1 Å². The van der Waals surface area contributed by atoms with Crippen LogP contribution >= 0.6 is 12.2 Å². The minimum absolute atomic E-state index is 0.264. The maximum absolute atomic E-state index is 5.55. The van der Waals surface area contributed by atoms with Crippen LogP contribution < -0.4 is 10.7 Å². The smallest absolute Gasteiger partial charge is 0.187 e. The fourth-order valence-corrected chi connectivity index (χ4v) is 2.79. The van der Waals surface area contributed by atoms with Crippen LogP contribution in [0.15, 0.2) is 47.6 Å². The number of benzene rings is 2. The third kappa shape index (κ3) is 4.27. The fraction of sp³-hybridized carbons (Fsp3) is 0.333. The van der Waals surface area contributed by atoms with Gasteiger partial charge in [-0.25, -0.2) is 0 Å². The Morgan fingerprint density at radius 2 is 2.09 bits per heavy atom. The summed E-state index contributed by atoms with van der Waals surface area (Å²) in [5.41, 5.74) is 4.89. The Kier molecular flexibility index (Phi) is 5.20. The zero-order valence-electron chi connectivity index (χ0n) is 13.2. The minimum atomic E-state index is 0.264. The topological polar surface area (TPSA) is 45.7 Å². The number of rotatable bonds is 4. The molecule has 5 heteroatoms. The number of hydrogen-bond donors (Lipinski definition) is 2. The molecular formula is C18H21N3OS. The highest BCUT2D eigenvalue weighted by Gasteiger charge is 2.15. The molecule has 23 heavy (non-hydrogen) atoms. The lowest BCUT2D eigenvalue weighted by atomic mass is 10.0. The van der Waals surface area contributed by atoms with E-state index >= 15 is 0 Å². The molecule has 0 aliphatic carbocycles. The van der Waals surface area contributed by atoms with Crippen LogP contribution in [0.2, 0.25) is 0 Å². The molecule has 1 saturated heterocycles. The fourth-order valence-electron chi connectivity index (χ4n) is 2.66. The number of nitrogens with one attached hydrogen (secondary N) is 2. The zero-order chi connectivity index (χ0) is 16.1. The molecule has 2 aromatic carbocycles. The molecular weight excluding hydrogens is 306 g/mol. The van der Waals surface area contributed by atoms with Crippen molar-refractivity contribution in [2.45, 2.75) is 25.9 Å². The Morgan fingerprint density at radius 3 is 2.87 bits per heavy atom. The van der Waals surface area contributed by atoms with Crippen molar-refractivity contribution in [2.75, 3.05) is 13.2 Å². The predicted molar refractivity (Wildman–Crippen MR) is 98.9 cm³/mol. The molecule has 3 rings (SSSR count). The third-order valence-corrected chi connectivity index (χ3v) is 4.24. The van der Waals surface area contributed by atoms with E-state index in [9.17, 15) is 0 Å². The molecule has 0 radical (unpaired) electrons. The molecule has 0 spiro atoms. The van der Waals surface area contributed by atoms with E-state index in [-0.39, 0.29) is 6.10 Å². The monoisotopic (exact) mass is 327 g/mol. The third-order valence-electron chi connectivity index (χ3n) is 4.01. The molecule has 1 aliphatic heterocycles. The lowest BCUT2D eigenvalue weighted by Crippen LogP contribution is -2.37. The summed E-state index contributed by atoms with van der Waals surface area (Å²) in [5, 5.41) is 10.5. The van der Waals surface area contributed by atoms with Gasteiger partial charge in [0.05, 0.1) is 11.8 Å². The van der Waals surface area contributed by atoms with Crippen molar-refractivity contribution < 1.29 is 4.74 Å². The summed E-state index contributed by atoms with van der Waals surface area (Å²) >= 11 is 5.25. The molecule has 0 bridgehead atoms. The second kappa shape index (κ2) is 7.53. The summed E-state index contributed by atoms with van der Waals surface area (Å²) in [6.07, 6.45) is 2.49. The number of ether oxygens (including phenoxy) is 1. The van der Waals surface area contributed by atoms with Gasteiger partial charge in [-0.1, -0.05) is 36.4 Å². The van der Waals surface area contributed by atoms with Crippen molar-refractivity contribution in [1.29, 1.82) is 0 Å². The van der Waals surface area contributed by atoms with Crippen LogP contribution in [0.4, 0.5) is 0 Å². The van der Waals surface area contributed by atoms with Gasteiger partial charge in [-0.15, -0.1) is 0 Å². The number of hydrogen-bond acceptors (Lipinski definition) is 3. The van der Waals surface area contributed by atoms with Crippen LogP contribution in [0, 0.1) is 0 Å². The van der Waals surface area contributed by atoms with Gasteiger partial charge in [0.2, 0.25) is 0 Å². The number of nitrogens with zero attached hydrogens (tertiary/aromatic N) is 1. The van der Waals surface area contributed by atoms with E-state index < -0.39 is 0 Å². The summed E-state index contributed by atoms with van der Waals surface area (Å²) in [5.74, 6) is 0. The van der Waals surface area contributed by atoms with Gasteiger partial charge < -0.3 is 10.1 Å². The standard InChI is InChI=1S/C18H21N3OS/c1-13(15-9-8-14-5-2-3-6-16(14)11-15)20-21-18(23)19-12-17-7-4-10-22-17/h2-3,5-6,8-9,11,17H,4,7,10,12H2,1H3,(H2,19,21,23). The van der Waals surface area contributed by atoms with Crippen molar-refractivity contribution in [2.24, 2.45) is 5.10 Å². The molecule has 0 aromatic heterocycles. The van der Waals surface area contributed by atoms with E-state index in [0.717, 1.165) is 37.3 Å². The maximum atomic E-state index is 5.55. The number of fused-ring (bicyclic) bond motifs is 1. The molecule has 120 valence electrons. The van der Waals surface area contributed by atoms with E-state index in [1.807, 2.05) is 19.1 Å². The Morgan fingerprint density at radius 1 is 1.26 bits per heavy atom. The first kappa shape index (κ1) is 15.9. The van der Waals surface area contributed by atoms with E-state index in [4.69, 9.17) is 17.0 Å². The minimum Gasteiger partial charge on any atom is -0.376 e. The molecule has 1 heterocycles. The predicted octanol–water partition coefficient (Wildman–Crippen LogP) is 3.21. The molecule has 0 saturated carbocycles. The highest BCUT2D eigenvalue weighted by atomic mass is 32.1. The lowest BCUT2D eigenvalue weighted by molar-refractivity contribution is 0.114. The average Bonchev–Trinajstić information content (AvgIpc) is 3.11. The van der Waals surface area contributed by atoms with Crippen molar-refractivity contribution in [3.05, 3.63) is 48.0 Å². The van der Waals surface area contributed by atoms with Crippen molar-refractivity contribution in [3.63, 3.8) is 0 Å². The number of hydrazone groups is 1. The summed E-state index contributed by atoms with van der Waals surface area (Å²) in [6, 6.07) is 14.6. The van der Waals surface area contributed by atoms with Gasteiger partial charge >= 0.3 is 0 Å². The quantitative estimate of drug-likeness (QED) is 0.514. The largest absolute Gasteiger partial charge is 0.376 e. The number of thiocarbonyl (C=S) groups is 1. The van der Waals surface area contributed by atoms with Crippen molar-refractivity contribution in [3.8, 4) is 0 Å². The lowest BCUT2D eigenvalue weighted by Gasteiger charge is -2.12. The second-order valence-electron chi connectivity index (χ2n) is 5.72. The van der Waals surface area contributed by atoms with Gasteiger partial charge in [-0.05, 0) is 54.4 Å². The van der Waals surface area contributed by atoms with Crippen LogP contribution in [0.5, 0.6) is 0 Å². The maximum Gasteiger partial charge on any atom is 0.187 e. The van der Waals surface area contributed by atoms with Gasteiger partial charge in [0.1, 0.15) is 0 Å². The highest BCUT2D eigenvalue weighted by molar-refractivity contribution is 7.80. The van der Waals surface area contributed by atoms with E-state index in [1.165, 1.54) is 10.8 Å². The van der Waals surface area contributed by atoms with Crippen LogP contribution in [0.25, 0.3) is 10.8 Å². The average molecular weight is 327 g/mol. The van der Waals surface area contributed by atoms with Gasteiger partial charge in [0, 0.05) is 13.2 Å². The van der Waals surface area contributed by atoms with E-state index in [2.05, 4.69) is 46.2 Å². The van der Waals surface area contributed by atoms with Crippen LogP contribution in [0.3, 0.4) is 0 Å². The Bertz CT molecular complexity index is 723. The molecule has 1 aliphatic rings. The molecule has 2 N–H and O–H groups in total. The SMILES string of the molecule is CC(=NNC(=S)NCC1CCCO1)c1ccc2ccccc2c1. The van der Waals surface area contributed by atoms with E-state index in [0.29, 0.717) is 5.11 Å². The summed E-state index contributed by atoms with van der Waals surface area (Å²) in [7, 11) is 0. The Labute approximate surface area is 141 Å².